The average molecular weight is 281 g/mol. The Kier molecular flexibility index (Phi) is 5.00. The molecule has 0 fully saturated rings. The second-order valence-electron chi connectivity index (χ2n) is 6.25. The molecule has 0 atom stereocenters. The predicted molar refractivity (Wildman–Crippen MR) is 78.1 cm³/mol. The minimum atomic E-state index is -0.882. The first-order valence-electron chi connectivity index (χ1n) is 6.50. The van der Waals surface area contributed by atoms with Crippen LogP contribution in [0.3, 0.4) is 0 Å². The first kappa shape index (κ1) is 16.3. The van der Waals surface area contributed by atoms with Crippen molar-refractivity contribution < 1.29 is 19.4 Å². The molecule has 0 aliphatic rings. The highest BCUT2D eigenvalue weighted by Crippen LogP contribution is 2.18. The van der Waals surface area contributed by atoms with E-state index in [9.17, 15) is 9.90 Å². The number of aliphatic hydroxyl groups is 1. The van der Waals surface area contributed by atoms with Crippen LogP contribution in [0.5, 0.6) is 5.75 Å². The highest BCUT2D eigenvalue weighted by atomic mass is 16.6. The molecule has 0 radical (unpaired) electrons. The minimum absolute atomic E-state index is 0.200. The SMILES string of the molecule is CC(C)(O)COc1ccc(NC(=O)OC(C)(C)C)cc1. The van der Waals surface area contributed by atoms with E-state index in [1.165, 1.54) is 0 Å². The summed E-state index contributed by atoms with van der Waals surface area (Å²) in [4.78, 5) is 11.6. The summed E-state index contributed by atoms with van der Waals surface area (Å²) in [5.74, 6) is 0.627. The lowest BCUT2D eigenvalue weighted by molar-refractivity contribution is 0.0285. The predicted octanol–water partition coefficient (Wildman–Crippen LogP) is 3.18. The maximum absolute atomic E-state index is 11.6. The lowest BCUT2D eigenvalue weighted by Crippen LogP contribution is -2.28. The van der Waals surface area contributed by atoms with Gasteiger partial charge in [-0.3, -0.25) is 5.32 Å². The molecule has 0 saturated carbocycles. The Morgan fingerprint density at radius 3 is 2.15 bits per heavy atom. The van der Waals surface area contributed by atoms with Gasteiger partial charge in [0.25, 0.3) is 0 Å². The fourth-order valence-electron chi connectivity index (χ4n) is 1.32. The molecule has 0 bridgehead atoms. The molecule has 0 aliphatic heterocycles. The average Bonchev–Trinajstić information content (AvgIpc) is 2.24. The van der Waals surface area contributed by atoms with E-state index in [1.54, 1.807) is 58.9 Å². The molecule has 0 heterocycles. The maximum Gasteiger partial charge on any atom is 0.412 e. The van der Waals surface area contributed by atoms with Crippen LogP contribution in [-0.4, -0.2) is 29.0 Å². The van der Waals surface area contributed by atoms with Crippen LogP contribution in [0.2, 0.25) is 0 Å². The van der Waals surface area contributed by atoms with Gasteiger partial charge >= 0.3 is 6.09 Å². The van der Waals surface area contributed by atoms with E-state index in [4.69, 9.17) is 9.47 Å². The van der Waals surface area contributed by atoms with Crippen LogP contribution >= 0.6 is 0 Å². The molecule has 0 unspecified atom stereocenters. The zero-order chi connectivity index (χ0) is 15.4. The molecule has 0 saturated heterocycles. The van der Waals surface area contributed by atoms with Gasteiger partial charge in [0.15, 0.2) is 0 Å². The summed E-state index contributed by atoms with van der Waals surface area (Å²) in [6.07, 6.45) is -0.498. The van der Waals surface area contributed by atoms with Crippen molar-refractivity contribution in [2.24, 2.45) is 0 Å². The zero-order valence-electron chi connectivity index (χ0n) is 12.7. The molecule has 0 spiro atoms. The lowest BCUT2D eigenvalue weighted by atomic mass is 10.2. The fourth-order valence-corrected chi connectivity index (χ4v) is 1.32. The van der Waals surface area contributed by atoms with Crippen LogP contribution in [0.1, 0.15) is 34.6 Å². The van der Waals surface area contributed by atoms with E-state index >= 15 is 0 Å². The summed E-state index contributed by atoms with van der Waals surface area (Å²) < 4.78 is 10.6. The highest BCUT2D eigenvalue weighted by molar-refractivity contribution is 5.84. The number of ether oxygens (including phenoxy) is 2. The quantitative estimate of drug-likeness (QED) is 0.889. The van der Waals surface area contributed by atoms with Crippen molar-refractivity contribution in [2.45, 2.75) is 45.8 Å². The minimum Gasteiger partial charge on any atom is -0.491 e. The Bertz CT molecular complexity index is 440. The highest BCUT2D eigenvalue weighted by Gasteiger charge is 2.16. The number of carbonyl (C=O) groups excluding carboxylic acids is 1. The van der Waals surface area contributed by atoms with Crippen molar-refractivity contribution in [1.82, 2.24) is 0 Å². The van der Waals surface area contributed by atoms with Crippen molar-refractivity contribution in [3.05, 3.63) is 24.3 Å². The van der Waals surface area contributed by atoms with Crippen LogP contribution in [0.4, 0.5) is 10.5 Å². The monoisotopic (exact) mass is 281 g/mol. The van der Waals surface area contributed by atoms with E-state index < -0.39 is 17.3 Å². The summed E-state index contributed by atoms with van der Waals surface area (Å²) in [6.45, 7) is 8.96. The Hall–Kier alpha value is -1.75. The van der Waals surface area contributed by atoms with Gasteiger partial charge in [-0.05, 0) is 58.9 Å². The van der Waals surface area contributed by atoms with Crippen molar-refractivity contribution in [3.8, 4) is 5.75 Å². The van der Waals surface area contributed by atoms with Crippen LogP contribution < -0.4 is 10.1 Å². The molecule has 1 amide bonds. The Labute approximate surface area is 119 Å². The van der Waals surface area contributed by atoms with Crippen LogP contribution in [0.25, 0.3) is 0 Å². The molecular weight excluding hydrogens is 258 g/mol. The smallest absolute Gasteiger partial charge is 0.412 e. The van der Waals surface area contributed by atoms with Gasteiger partial charge in [0, 0.05) is 5.69 Å². The van der Waals surface area contributed by atoms with Gasteiger partial charge in [0.05, 0.1) is 5.60 Å². The summed E-state index contributed by atoms with van der Waals surface area (Å²) in [7, 11) is 0. The third-order valence-corrected chi connectivity index (χ3v) is 2.09. The molecule has 2 N–H and O–H groups in total. The van der Waals surface area contributed by atoms with Crippen molar-refractivity contribution >= 4 is 11.8 Å². The molecule has 1 rings (SSSR count). The second-order valence-corrected chi connectivity index (χ2v) is 6.25. The molecule has 5 nitrogen and oxygen atoms in total. The van der Waals surface area contributed by atoms with Crippen molar-refractivity contribution in [2.75, 3.05) is 11.9 Å². The first-order chi connectivity index (χ1) is 9.05. The largest absolute Gasteiger partial charge is 0.491 e. The van der Waals surface area contributed by atoms with E-state index in [0.717, 1.165) is 0 Å². The van der Waals surface area contributed by atoms with E-state index in [1.807, 2.05) is 0 Å². The molecule has 112 valence electrons. The van der Waals surface area contributed by atoms with Gasteiger partial charge < -0.3 is 14.6 Å². The summed E-state index contributed by atoms with van der Waals surface area (Å²) >= 11 is 0. The third-order valence-electron chi connectivity index (χ3n) is 2.09. The van der Waals surface area contributed by atoms with Gasteiger partial charge in [-0.2, -0.15) is 0 Å². The Morgan fingerprint density at radius 2 is 1.70 bits per heavy atom. The van der Waals surface area contributed by atoms with Gasteiger partial charge in [-0.1, -0.05) is 0 Å². The Morgan fingerprint density at radius 1 is 1.15 bits per heavy atom. The Balaban J connectivity index is 2.52. The summed E-state index contributed by atoms with van der Waals surface area (Å²) in [5, 5.41) is 12.2. The number of rotatable bonds is 4. The van der Waals surface area contributed by atoms with Crippen LogP contribution in [0, 0.1) is 0 Å². The van der Waals surface area contributed by atoms with E-state index in [2.05, 4.69) is 5.32 Å². The van der Waals surface area contributed by atoms with Crippen LogP contribution in [0.15, 0.2) is 24.3 Å². The van der Waals surface area contributed by atoms with E-state index in [-0.39, 0.29) is 6.61 Å². The van der Waals surface area contributed by atoms with Crippen molar-refractivity contribution in [1.29, 1.82) is 0 Å². The lowest BCUT2D eigenvalue weighted by Gasteiger charge is -2.20. The maximum atomic E-state index is 11.6. The molecule has 0 aliphatic carbocycles. The zero-order valence-corrected chi connectivity index (χ0v) is 12.7. The third kappa shape index (κ3) is 6.99. The van der Waals surface area contributed by atoms with Gasteiger partial charge in [-0.15, -0.1) is 0 Å². The molecule has 5 heteroatoms. The van der Waals surface area contributed by atoms with E-state index in [0.29, 0.717) is 11.4 Å². The summed E-state index contributed by atoms with van der Waals surface area (Å²) in [6, 6.07) is 6.87. The molecule has 1 aromatic carbocycles. The van der Waals surface area contributed by atoms with Crippen LogP contribution in [-0.2, 0) is 4.74 Å². The molecular formula is C15H23NO4. The van der Waals surface area contributed by atoms with Gasteiger partial charge in [-0.25, -0.2) is 4.79 Å². The molecule has 1 aromatic rings. The number of benzene rings is 1. The first-order valence-corrected chi connectivity index (χ1v) is 6.50. The normalized spacial score (nSPS) is 11.9. The number of amides is 1. The van der Waals surface area contributed by atoms with Gasteiger partial charge in [0.1, 0.15) is 18.0 Å². The number of hydrogen-bond acceptors (Lipinski definition) is 4. The standard InChI is InChI=1S/C15H23NO4/c1-14(2,3)20-13(17)16-11-6-8-12(9-7-11)19-10-15(4,5)18/h6-9,18H,10H2,1-5H3,(H,16,17). The molecule has 0 aromatic heterocycles. The topological polar surface area (TPSA) is 67.8 Å². The summed E-state index contributed by atoms with van der Waals surface area (Å²) in [5.41, 5.74) is -0.789. The molecule has 20 heavy (non-hydrogen) atoms. The number of anilines is 1. The number of carbonyl (C=O) groups is 1. The number of nitrogens with one attached hydrogen (secondary N) is 1. The fraction of sp³-hybridized carbons (Fsp3) is 0.533. The second kappa shape index (κ2) is 6.13. The van der Waals surface area contributed by atoms with Gasteiger partial charge in [0.2, 0.25) is 0 Å². The van der Waals surface area contributed by atoms with Crippen molar-refractivity contribution in [3.63, 3.8) is 0 Å². The number of hydrogen-bond donors (Lipinski definition) is 2.